The fourth-order valence-corrected chi connectivity index (χ4v) is 1.59. The molecule has 0 saturated carbocycles. The summed E-state index contributed by atoms with van der Waals surface area (Å²) < 4.78 is 0. The van der Waals surface area contributed by atoms with Crippen LogP contribution >= 0.6 is 11.6 Å². The first-order valence-electron chi connectivity index (χ1n) is 5.86. The highest BCUT2D eigenvalue weighted by Gasteiger charge is 1.99. The van der Waals surface area contributed by atoms with E-state index in [0.29, 0.717) is 11.9 Å². The lowest BCUT2D eigenvalue weighted by atomic mass is 10.1. The SMILES string of the molecule is CC(C)CN=C(N)NCCc1ccccc1Cl. The van der Waals surface area contributed by atoms with Gasteiger partial charge < -0.3 is 11.1 Å². The lowest BCUT2D eigenvalue weighted by molar-refractivity contribution is 0.661. The van der Waals surface area contributed by atoms with Gasteiger partial charge in [0.25, 0.3) is 0 Å². The van der Waals surface area contributed by atoms with Crippen molar-refractivity contribution in [1.29, 1.82) is 0 Å². The minimum atomic E-state index is 0.505. The summed E-state index contributed by atoms with van der Waals surface area (Å²) in [4.78, 5) is 4.23. The quantitative estimate of drug-likeness (QED) is 0.626. The molecule has 4 heteroatoms. The van der Waals surface area contributed by atoms with Crippen molar-refractivity contribution in [2.24, 2.45) is 16.6 Å². The van der Waals surface area contributed by atoms with Crippen LogP contribution in [0.2, 0.25) is 5.02 Å². The Labute approximate surface area is 108 Å². The van der Waals surface area contributed by atoms with Gasteiger partial charge in [-0.2, -0.15) is 0 Å². The highest BCUT2D eigenvalue weighted by Crippen LogP contribution is 2.14. The van der Waals surface area contributed by atoms with Gasteiger partial charge in [-0.3, -0.25) is 4.99 Å². The molecule has 1 aromatic carbocycles. The van der Waals surface area contributed by atoms with Crippen molar-refractivity contribution in [3.63, 3.8) is 0 Å². The third kappa shape index (κ3) is 5.59. The van der Waals surface area contributed by atoms with Gasteiger partial charge in [0.1, 0.15) is 0 Å². The number of hydrogen-bond donors (Lipinski definition) is 2. The van der Waals surface area contributed by atoms with Crippen LogP contribution in [0, 0.1) is 5.92 Å². The van der Waals surface area contributed by atoms with Crippen molar-refractivity contribution in [1.82, 2.24) is 5.32 Å². The van der Waals surface area contributed by atoms with E-state index in [0.717, 1.165) is 30.1 Å². The molecule has 94 valence electrons. The number of benzene rings is 1. The van der Waals surface area contributed by atoms with Gasteiger partial charge in [0.05, 0.1) is 0 Å². The number of aliphatic imine (C=N–C) groups is 1. The van der Waals surface area contributed by atoms with Crippen LogP contribution in [0.3, 0.4) is 0 Å². The molecule has 0 saturated heterocycles. The van der Waals surface area contributed by atoms with Crippen LogP contribution in [-0.2, 0) is 6.42 Å². The zero-order valence-corrected chi connectivity index (χ0v) is 11.2. The number of rotatable bonds is 5. The van der Waals surface area contributed by atoms with Gasteiger partial charge in [-0.1, -0.05) is 43.6 Å². The topological polar surface area (TPSA) is 50.4 Å². The molecule has 0 bridgehead atoms. The second-order valence-corrected chi connectivity index (χ2v) is 4.80. The summed E-state index contributed by atoms with van der Waals surface area (Å²) in [5.74, 6) is 1.03. The molecule has 1 aromatic rings. The molecule has 0 unspecified atom stereocenters. The predicted molar refractivity (Wildman–Crippen MR) is 74.5 cm³/mol. The van der Waals surface area contributed by atoms with Crippen LogP contribution in [0.4, 0.5) is 0 Å². The highest BCUT2D eigenvalue weighted by molar-refractivity contribution is 6.31. The molecule has 0 heterocycles. The fourth-order valence-electron chi connectivity index (χ4n) is 1.36. The lowest BCUT2D eigenvalue weighted by Crippen LogP contribution is -2.33. The Kier molecular flexibility index (Phi) is 5.84. The molecule has 0 fully saturated rings. The average molecular weight is 254 g/mol. The number of nitrogens with zero attached hydrogens (tertiary/aromatic N) is 1. The zero-order valence-electron chi connectivity index (χ0n) is 10.4. The summed E-state index contributed by atoms with van der Waals surface area (Å²) in [6.07, 6.45) is 0.845. The average Bonchev–Trinajstić information content (AvgIpc) is 2.29. The van der Waals surface area contributed by atoms with Gasteiger partial charge in [-0.05, 0) is 24.0 Å². The van der Waals surface area contributed by atoms with Crippen LogP contribution in [0.5, 0.6) is 0 Å². The molecule has 0 radical (unpaired) electrons. The molecule has 1 rings (SSSR count). The summed E-state index contributed by atoms with van der Waals surface area (Å²) in [5.41, 5.74) is 6.85. The smallest absolute Gasteiger partial charge is 0.188 e. The third-order valence-electron chi connectivity index (χ3n) is 2.29. The van der Waals surface area contributed by atoms with E-state index in [4.69, 9.17) is 17.3 Å². The number of halogens is 1. The van der Waals surface area contributed by atoms with Crippen molar-refractivity contribution >= 4 is 17.6 Å². The first-order valence-corrected chi connectivity index (χ1v) is 6.24. The second kappa shape index (κ2) is 7.17. The minimum Gasteiger partial charge on any atom is -0.370 e. The zero-order chi connectivity index (χ0) is 12.7. The normalized spacial score (nSPS) is 11.9. The van der Waals surface area contributed by atoms with E-state index >= 15 is 0 Å². The van der Waals surface area contributed by atoms with E-state index in [1.807, 2.05) is 24.3 Å². The third-order valence-corrected chi connectivity index (χ3v) is 2.65. The number of guanidine groups is 1. The Morgan fingerprint density at radius 2 is 2.12 bits per heavy atom. The van der Waals surface area contributed by atoms with E-state index in [1.165, 1.54) is 0 Å². The maximum Gasteiger partial charge on any atom is 0.188 e. The minimum absolute atomic E-state index is 0.505. The van der Waals surface area contributed by atoms with E-state index in [1.54, 1.807) is 0 Å². The van der Waals surface area contributed by atoms with Crippen LogP contribution < -0.4 is 11.1 Å². The van der Waals surface area contributed by atoms with Gasteiger partial charge in [0.15, 0.2) is 5.96 Å². The van der Waals surface area contributed by atoms with E-state index in [2.05, 4.69) is 24.2 Å². The van der Waals surface area contributed by atoms with E-state index in [9.17, 15) is 0 Å². The first kappa shape index (κ1) is 13.8. The van der Waals surface area contributed by atoms with Gasteiger partial charge in [0.2, 0.25) is 0 Å². The van der Waals surface area contributed by atoms with Crippen LogP contribution in [0.25, 0.3) is 0 Å². The summed E-state index contributed by atoms with van der Waals surface area (Å²) in [6.45, 7) is 5.73. The number of nitrogens with one attached hydrogen (secondary N) is 1. The summed E-state index contributed by atoms with van der Waals surface area (Å²) in [6, 6.07) is 7.83. The summed E-state index contributed by atoms with van der Waals surface area (Å²) in [7, 11) is 0. The van der Waals surface area contributed by atoms with Crippen LogP contribution in [0.15, 0.2) is 29.3 Å². The molecule has 0 spiro atoms. The van der Waals surface area contributed by atoms with Gasteiger partial charge in [0, 0.05) is 18.1 Å². The molecule has 0 amide bonds. The lowest BCUT2D eigenvalue weighted by Gasteiger charge is -2.07. The monoisotopic (exact) mass is 253 g/mol. The number of hydrogen-bond acceptors (Lipinski definition) is 1. The Morgan fingerprint density at radius 3 is 2.76 bits per heavy atom. The largest absolute Gasteiger partial charge is 0.370 e. The van der Waals surface area contributed by atoms with Crippen LogP contribution in [0.1, 0.15) is 19.4 Å². The molecule has 3 nitrogen and oxygen atoms in total. The standard InChI is InChI=1S/C13H20ClN3/c1-10(2)9-17-13(15)16-8-7-11-5-3-4-6-12(11)14/h3-6,10H,7-9H2,1-2H3,(H3,15,16,17). The van der Waals surface area contributed by atoms with Crippen molar-refractivity contribution in [3.8, 4) is 0 Å². The molecule has 0 aromatic heterocycles. The van der Waals surface area contributed by atoms with Crippen molar-refractivity contribution in [2.75, 3.05) is 13.1 Å². The molecule has 17 heavy (non-hydrogen) atoms. The predicted octanol–water partition coefficient (Wildman–Crippen LogP) is 2.44. The Balaban J connectivity index is 2.33. The molecule has 0 aliphatic rings. The van der Waals surface area contributed by atoms with Gasteiger partial charge in [-0.25, -0.2) is 0 Å². The van der Waals surface area contributed by atoms with Gasteiger partial charge >= 0.3 is 0 Å². The van der Waals surface area contributed by atoms with E-state index in [-0.39, 0.29) is 0 Å². The van der Waals surface area contributed by atoms with Crippen LogP contribution in [-0.4, -0.2) is 19.0 Å². The first-order chi connectivity index (χ1) is 8.09. The Bertz CT molecular complexity index is 375. The molecule has 0 aliphatic heterocycles. The fraction of sp³-hybridized carbons (Fsp3) is 0.462. The second-order valence-electron chi connectivity index (χ2n) is 4.39. The van der Waals surface area contributed by atoms with Crippen molar-refractivity contribution in [2.45, 2.75) is 20.3 Å². The number of nitrogens with two attached hydrogens (primary N) is 1. The Morgan fingerprint density at radius 1 is 1.41 bits per heavy atom. The van der Waals surface area contributed by atoms with Crippen molar-refractivity contribution in [3.05, 3.63) is 34.9 Å². The molecule has 0 aliphatic carbocycles. The molecular weight excluding hydrogens is 234 g/mol. The summed E-state index contributed by atoms with van der Waals surface area (Å²) >= 11 is 6.05. The van der Waals surface area contributed by atoms with E-state index < -0.39 is 0 Å². The summed E-state index contributed by atoms with van der Waals surface area (Å²) in [5, 5.41) is 3.88. The van der Waals surface area contributed by atoms with Crippen molar-refractivity contribution < 1.29 is 0 Å². The highest BCUT2D eigenvalue weighted by atomic mass is 35.5. The molecule has 3 N–H and O–H groups in total. The molecular formula is C13H20ClN3. The molecule has 0 atom stereocenters. The Hall–Kier alpha value is -1.22. The maximum absolute atomic E-state index is 6.05. The van der Waals surface area contributed by atoms with Gasteiger partial charge in [-0.15, -0.1) is 0 Å². The maximum atomic E-state index is 6.05.